The number of rotatable bonds is 7. The molecule has 0 radical (unpaired) electrons. The van der Waals surface area contributed by atoms with Gasteiger partial charge in [-0.15, -0.1) is 13.2 Å². The third-order valence-corrected chi connectivity index (χ3v) is 4.23. The van der Waals surface area contributed by atoms with Crippen LogP contribution in [0.4, 0.5) is 13.2 Å². The van der Waals surface area contributed by atoms with Crippen LogP contribution in [-0.2, 0) is 23.1 Å². The Hall–Kier alpha value is -3.04. The summed E-state index contributed by atoms with van der Waals surface area (Å²) in [6.45, 7) is 3.58. The van der Waals surface area contributed by atoms with E-state index in [0.29, 0.717) is 11.3 Å². The van der Waals surface area contributed by atoms with Gasteiger partial charge < -0.3 is 15.2 Å². The Morgan fingerprint density at radius 2 is 1.86 bits per heavy atom. The second kappa shape index (κ2) is 8.32. The minimum atomic E-state index is -4.82. The van der Waals surface area contributed by atoms with Gasteiger partial charge in [0, 0.05) is 18.3 Å². The molecule has 0 fully saturated rings. The van der Waals surface area contributed by atoms with Gasteiger partial charge in [-0.1, -0.05) is 12.1 Å². The normalized spacial score (nSPS) is 12.5. The van der Waals surface area contributed by atoms with Gasteiger partial charge in [0.1, 0.15) is 5.75 Å². The summed E-state index contributed by atoms with van der Waals surface area (Å²) in [6.07, 6.45) is -5.23. The van der Waals surface area contributed by atoms with Crippen molar-refractivity contribution < 1.29 is 32.6 Å². The minimum Gasteiger partial charge on any atom is -0.481 e. The second-order valence-electron chi connectivity index (χ2n) is 6.28. The summed E-state index contributed by atoms with van der Waals surface area (Å²) in [4.78, 5) is 23.6. The number of carboxylic acids is 1. The number of amides is 1. The summed E-state index contributed by atoms with van der Waals surface area (Å²) in [5.41, 5.74) is 2.60. The van der Waals surface area contributed by atoms with Crippen molar-refractivity contribution in [3.05, 3.63) is 46.8 Å². The molecule has 1 aromatic heterocycles. The van der Waals surface area contributed by atoms with E-state index in [4.69, 9.17) is 5.11 Å². The van der Waals surface area contributed by atoms with Crippen LogP contribution < -0.4 is 10.1 Å². The molecule has 2 rings (SSSR count). The van der Waals surface area contributed by atoms with E-state index in [1.54, 1.807) is 18.7 Å². The number of carbonyl (C=O) groups excluding carboxylic acids is 1. The first-order valence-corrected chi connectivity index (χ1v) is 8.32. The molecule has 1 aromatic carbocycles. The van der Waals surface area contributed by atoms with Gasteiger partial charge >= 0.3 is 12.3 Å². The van der Waals surface area contributed by atoms with Crippen LogP contribution in [-0.4, -0.2) is 33.1 Å². The minimum absolute atomic E-state index is 0.0108. The molecule has 7 nitrogen and oxygen atoms in total. The smallest absolute Gasteiger partial charge is 0.481 e. The Bertz CT molecular complexity index is 860. The molecule has 0 aliphatic rings. The molecule has 0 aliphatic carbocycles. The number of carbonyl (C=O) groups is 2. The number of carboxylic acid groups (broad SMARTS) is 1. The lowest BCUT2D eigenvalue weighted by Gasteiger charge is -2.18. The van der Waals surface area contributed by atoms with Crippen LogP contribution in [0.15, 0.2) is 24.3 Å². The highest BCUT2D eigenvalue weighted by atomic mass is 19.4. The summed E-state index contributed by atoms with van der Waals surface area (Å²) in [6, 6.07) is 3.81. The van der Waals surface area contributed by atoms with Crippen LogP contribution in [0.25, 0.3) is 0 Å². The first kappa shape index (κ1) is 21.3. The standard InChI is InChI=1S/C18H20F3N3O4/c1-10-14(11(2)24(3)23-10)8-16(25)22-15(9-17(26)27)12-4-6-13(7-5-12)28-18(19,20)21/h4-7,15H,8-9H2,1-3H3,(H,22,25)(H,26,27). The molecular weight excluding hydrogens is 379 g/mol. The van der Waals surface area contributed by atoms with E-state index in [1.165, 1.54) is 12.1 Å². The van der Waals surface area contributed by atoms with Gasteiger partial charge in [-0.3, -0.25) is 14.3 Å². The average molecular weight is 399 g/mol. The molecular formula is C18H20F3N3O4. The Balaban J connectivity index is 2.14. The van der Waals surface area contributed by atoms with Crippen molar-refractivity contribution in [1.82, 2.24) is 15.1 Å². The number of nitrogens with one attached hydrogen (secondary N) is 1. The third kappa shape index (κ3) is 5.73. The fourth-order valence-electron chi connectivity index (χ4n) is 2.81. The highest BCUT2D eigenvalue weighted by Crippen LogP contribution is 2.25. The number of hydrogen-bond donors (Lipinski definition) is 2. The molecule has 2 N–H and O–H groups in total. The van der Waals surface area contributed by atoms with Crippen molar-refractivity contribution in [3.8, 4) is 5.75 Å². The van der Waals surface area contributed by atoms with E-state index >= 15 is 0 Å². The van der Waals surface area contributed by atoms with E-state index < -0.39 is 36.5 Å². The van der Waals surface area contributed by atoms with Gasteiger partial charge in [0.25, 0.3) is 0 Å². The maximum absolute atomic E-state index is 12.4. The fourth-order valence-corrected chi connectivity index (χ4v) is 2.81. The summed E-state index contributed by atoms with van der Waals surface area (Å²) in [5, 5.41) is 16.0. The molecule has 28 heavy (non-hydrogen) atoms. The molecule has 0 saturated carbocycles. The lowest BCUT2D eigenvalue weighted by atomic mass is 10.0. The van der Waals surface area contributed by atoms with Gasteiger partial charge in [-0.2, -0.15) is 5.10 Å². The van der Waals surface area contributed by atoms with Crippen molar-refractivity contribution >= 4 is 11.9 Å². The van der Waals surface area contributed by atoms with Crippen LogP contribution in [0.5, 0.6) is 5.75 Å². The van der Waals surface area contributed by atoms with Crippen molar-refractivity contribution in [3.63, 3.8) is 0 Å². The predicted octanol–water partition coefficient (Wildman–Crippen LogP) is 2.81. The number of aromatic nitrogens is 2. The highest BCUT2D eigenvalue weighted by molar-refractivity contribution is 5.80. The van der Waals surface area contributed by atoms with Crippen LogP contribution in [0.3, 0.4) is 0 Å². The van der Waals surface area contributed by atoms with E-state index in [9.17, 15) is 22.8 Å². The fraction of sp³-hybridized carbons (Fsp3) is 0.389. The van der Waals surface area contributed by atoms with E-state index in [2.05, 4.69) is 15.2 Å². The largest absolute Gasteiger partial charge is 0.573 e. The van der Waals surface area contributed by atoms with Crippen LogP contribution in [0, 0.1) is 13.8 Å². The molecule has 0 aliphatic heterocycles. The summed E-state index contributed by atoms with van der Waals surface area (Å²) < 4.78 is 42.2. The van der Waals surface area contributed by atoms with Crippen molar-refractivity contribution in [1.29, 1.82) is 0 Å². The lowest BCUT2D eigenvalue weighted by molar-refractivity contribution is -0.274. The number of benzene rings is 1. The first-order chi connectivity index (χ1) is 13.0. The van der Waals surface area contributed by atoms with Crippen LogP contribution in [0.2, 0.25) is 0 Å². The maximum atomic E-state index is 12.4. The summed E-state index contributed by atoms with van der Waals surface area (Å²) in [7, 11) is 1.75. The zero-order valence-electron chi connectivity index (χ0n) is 15.5. The molecule has 1 unspecified atom stereocenters. The Kier molecular flexibility index (Phi) is 6.32. The molecule has 0 bridgehead atoms. The third-order valence-electron chi connectivity index (χ3n) is 4.23. The Labute approximate surface area is 159 Å². The number of halogens is 3. The van der Waals surface area contributed by atoms with Gasteiger partial charge in [0.05, 0.1) is 24.6 Å². The topological polar surface area (TPSA) is 93.5 Å². The molecule has 10 heteroatoms. The second-order valence-corrected chi connectivity index (χ2v) is 6.28. The monoisotopic (exact) mass is 399 g/mol. The van der Waals surface area contributed by atoms with Crippen molar-refractivity contribution in [2.45, 2.75) is 39.1 Å². The molecule has 0 spiro atoms. The Morgan fingerprint density at radius 3 is 2.32 bits per heavy atom. The SMILES string of the molecule is Cc1nn(C)c(C)c1CC(=O)NC(CC(=O)O)c1ccc(OC(F)(F)F)cc1. The van der Waals surface area contributed by atoms with E-state index in [0.717, 1.165) is 23.4 Å². The number of aryl methyl sites for hydroxylation is 2. The molecule has 152 valence electrons. The number of hydrogen-bond acceptors (Lipinski definition) is 4. The maximum Gasteiger partial charge on any atom is 0.573 e. The zero-order chi connectivity index (χ0) is 21.1. The number of alkyl halides is 3. The number of aliphatic carboxylic acids is 1. The lowest BCUT2D eigenvalue weighted by Crippen LogP contribution is -2.31. The predicted molar refractivity (Wildman–Crippen MR) is 92.6 cm³/mol. The van der Waals surface area contributed by atoms with Gasteiger partial charge in [0.2, 0.25) is 5.91 Å². The van der Waals surface area contributed by atoms with Crippen molar-refractivity contribution in [2.75, 3.05) is 0 Å². The van der Waals surface area contributed by atoms with Gasteiger partial charge in [-0.25, -0.2) is 0 Å². The Morgan fingerprint density at radius 1 is 1.25 bits per heavy atom. The van der Waals surface area contributed by atoms with E-state index in [1.807, 2.05) is 6.92 Å². The number of ether oxygens (including phenoxy) is 1. The molecule has 2 aromatic rings. The average Bonchev–Trinajstić information content (AvgIpc) is 2.79. The first-order valence-electron chi connectivity index (χ1n) is 8.32. The molecule has 1 heterocycles. The van der Waals surface area contributed by atoms with Crippen LogP contribution >= 0.6 is 0 Å². The highest BCUT2D eigenvalue weighted by Gasteiger charge is 2.31. The van der Waals surface area contributed by atoms with Gasteiger partial charge in [-0.05, 0) is 31.5 Å². The quantitative estimate of drug-likeness (QED) is 0.747. The molecule has 0 saturated heterocycles. The molecule has 1 atom stereocenters. The van der Waals surface area contributed by atoms with Gasteiger partial charge in [0.15, 0.2) is 0 Å². The van der Waals surface area contributed by atoms with Crippen molar-refractivity contribution in [2.24, 2.45) is 7.05 Å². The van der Waals surface area contributed by atoms with Crippen LogP contribution in [0.1, 0.15) is 35.0 Å². The zero-order valence-corrected chi connectivity index (χ0v) is 15.5. The van der Waals surface area contributed by atoms with E-state index in [-0.39, 0.29) is 6.42 Å². The number of nitrogens with zero attached hydrogens (tertiary/aromatic N) is 2. The summed E-state index contributed by atoms with van der Waals surface area (Å²) in [5.74, 6) is -2.01. The summed E-state index contributed by atoms with van der Waals surface area (Å²) >= 11 is 0. The molecule has 1 amide bonds.